The van der Waals surface area contributed by atoms with E-state index >= 15 is 0 Å². The van der Waals surface area contributed by atoms with Crippen molar-refractivity contribution < 1.29 is 33.3 Å². The molecule has 3 aromatic carbocycles. The fourth-order valence-corrected chi connectivity index (χ4v) is 4.80. The number of thiazole rings is 1. The van der Waals surface area contributed by atoms with Crippen molar-refractivity contribution in [3.8, 4) is 16.9 Å². The first-order valence-corrected chi connectivity index (χ1v) is 11.2. The molecule has 0 radical (unpaired) electrons. The van der Waals surface area contributed by atoms with Crippen LogP contribution in [0, 0.1) is 0 Å². The van der Waals surface area contributed by atoms with Gasteiger partial charge in [-0.1, -0.05) is 66.4 Å². The Labute approximate surface area is 205 Å². The third-order valence-electron chi connectivity index (χ3n) is 5.20. The summed E-state index contributed by atoms with van der Waals surface area (Å²) in [7, 11) is 0. The maximum atomic E-state index is 6.44. The number of unbranched alkanes of at least 4 members (excludes halogenated alkanes) is 2. The second-order valence-corrected chi connectivity index (χ2v) is 8.32. The molecule has 1 aromatic heterocycles. The lowest BCUT2D eigenvalue weighted by Crippen LogP contribution is -3.00. The van der Waals surface area contributed by atoms with Gasteiger partial charge in [0.1, 0.15) is 10.4 Å². The molecule has 2 N–H and O–H groups in total. The Bertz CT molecular complexity index is 1130. The van der Waals surface area contributed by atoms with Gasteiger partial charge in [0, 0.05) is 18.2 Å². The van der Waals surface area contributed by atoms with Gasteiger partial charge in [-0.05, 0) is 42.7 Å². The number of nitrogen functional groups attached to an aromatic ring is 1. The van der Waals surface area contributed by atoms with Gasteiger partial charge < -0.3 is 34.4 Å². The normalized spacial score (nSPS) is 10.6. The number of ether oxygens (including phenoxy) is 1. The van der Waals surface area contributed by atoms with Gasteiger partial charge in [0.2, 0.25) is 5.52 Å². The first-order valence-electron chi connectivity index (χ1n) is 10.4. The van der Waals surface area contributed by atoms with Crippen molar-refractivity contribution in [3.63, 3.8) is 0 Å². The zero-order valence-electron chi connectivity index (χ0n) is 17.5. The predicted molar refractivity (Wildman–Crippen MR) is 128 cm³/mol. The van der Waals surface area contributed by atoms with Gasteiger partial charge in [0.05, 0.1) is 12.2 Å². The van der Waals surface area contributed by atoms with E-state index in [2.05, 4.69) is 41.5 Å². The van der Waals surface area contributed by atoms with Crippen molar-refractivity contribution in [2.75, 3.05) is 12.3 Å². The van der Waals surface area contributed by atoms with Gasteiger partial charge in [0.15, 0.2) is 6.54 Å². The molecule has 160 valence electrons. The van der Waals surface area contributed by atoms with Gasteiger partial charge in [-0.3, -0.25) is 0 Å². The first-order chi connectivity index (χ1) is 14.8. The van der Waals surface area contributed by atoms with Crippen LogP contribution in [0.4, 0.5) is 5.69 Å². The highest BCUT2D eigenvalue weighted by molar-refractivity contribution is 7.19. The third-order valence-corrected chi connectivity index (χ3v) is 6.34. The quantitative estimate of drug-likeness (QED) is 0.153. The van der Waals surface area contributed by atoms with Crippen molar-refractivity contribution in [2.45, 2.75) is 25.8 Å². The number of halogens is 1. The molecule has 31 heavy (non-hydrogen) atoms. The molecule has 0 aliphatic rings. The number of benzene rings is 3. The highest BCUT2D eigenvalue weighted by Crippen LogP contribution is 2.35. The van der Waals surface area contributed by atoms with Crippen LogP contribution in [0.3, 0.4) is 0 Å². The summed E-state index contributed by atoms with van der Waals surface area (Å²) in [4.78, 5) is 0. The van der Waals surface area contributed by atoms with Crippen molar-refractivity contribution in [2.24, 2.45) is 0 Å². The molecule has 4 rings (SSSR count). The molecule has 4 aromatic rings. The van der Waals surface area contributed by atoms with E-state index in [0.717, 1.165) is 55.0 Å². The van der Waals surface area contributed by atoms with Crippen LogP contribution in [-0.4, -0.2) is 6.61 Å². The van der Waals surface area contributed by atoms with Gasteiger partial charge >= 0.3 is 0 Å². The van der Waals surface area contributed by atoms with E-state index < -0.39 is 0 Å². The summed E-state index contributed by atoms with van der Waals surface area (Å²) in [6, 6.07) is 24.6. The Hall–Kier alpha value is -2.38. The van der Waals surface area contributed by atoms with Crippen LogP contribution in [0.2, 0.25) is 0 Å². The Morgan fingerprint density at radius 3 is 2.32 bits per heavy atom. The van der Waals surface area contributed by atoms with Crippen LogP contribution in [0.15, 0.2) is 79.4 Å². The van der Waals surface area contributed by atoms with Crippen LogP contribution in [0.25, 0.3) is 27.4 Å². The number of rotatable bonds is 9. The molecular formula is C26H27IN2OS. The highest BCUT2D eigenvalue weighted by atomic mass is 127. The number of hydrogen-bond donors (Lipinski definition) is 1. The zero-order valence-corrected chi connectivity index (χ0v) is 20.4. The third kappa shape index (κ3) is 5.46. The largest absolute Gasteiger partial charge is 1.00 e. The van der Waals surface area contributed by atoms with Crippen molar-refractivity contribution in [3.05, 3.63) is 84.4 Å². The molecule has 0 aliphatic carbocycles. The van der Waals surface area contributed by atoms with Crippen molar-refractivity contribution >= 4 is 33.3 Å². The topological polar surface area (TPSA) is 39.1 Å². The zero-order chi connectivity index (χ0) is 20.8. The Morgan fingerprint density at radius 1 is 0.903 bits per heavy atom. The second-order valence-electron chi connectivity index (χ2n) is 7.26. The molecule has 0 spiro atoms. The number of anilines is 1. The van der Waals surface area contributed by atoms with E-state index in [1.165, 1.54) is 15.2 Å². The Balaban J connectivity index is 0.00000272. The fourth-order valence-electron chi connectivity index (χ4n) is 3.75. The average Bonchev–Trinajstić information content (AvgIpc) is 3.15. The molecule has 0 bridgehead atoms. The first kappa shape index (κ1) is 23.3. The van der Waals surface area contributed by atoms with Crippen LogP contribution >= 0.6 is 11.3 Å². The molecule has 3 nitrogen and oxygen atoms in total. The number of aryl methyl sites for hydroxylation is 1. The maximum absolute atomic E-state index is 6.44. The summed E-state index contributed by atoms with van der Waals surface area (Å²) in [5, 5.41) is 1.17. The lowest BCUT2D eigenvalue weighted by molar-refractivity contribution is -0.668. The summed E-state index contributed by atoms with van der Waals surface area (Å²) < 4.78 is 9.43. The van der Waals surface area contributed by atoms with Gasteiger partial charge in [-0.15, -0.1) is 0 Å². The molecule has 0 unspecified atom stereocenters. The monoisotopic (exact) mass is 542 g/mol. The number of nitrogens with two attached hydrogens (primary N) is 1. The van der Waals surface area contributed by atoms with Gasteiger partial charge in [-0.25, -0.2) is 0 Å². The van der Waals surface area contributed by atoms with Crippen LogP contribution < -0.4 is 39.0 Å². The van der Waals surface area contributed by atoms with E-state index in [1.54, 1.807) is 11.3 Å². The minimum Gasteiger partial charge on any atom is -1.00 e. The lowest BCUT2D eigenvalue weighted by atomic mass is 10.0. The molecule has 0 aliphatic heterocycles. The molecule has 0 saturated carbocycles. The SMILES string of the molecule is C=Cc1sc2ccc(N)c(-c3ccccc3)c2[n+]1CCCCCOc1ccccc1.[I-]. The second kappa shape index (κ2) is 11.3. The number of nitrogens with zero attached hydrogens (tertiary/aromatic N) is 1. The van der Waals surface area contributed by atoms with E-state index in [1.807, 2.05) is 48.5 Å². The summed E-state index contributed by atoms with van der Waals surface area (Å²) in [6.45, 7) is 5.73. The van der Waals surface area contributed by atoms with Crippen molar-refractivity contribution in [1.29, 1.82) is 0 Å². The molecule has 1 heterocycles. The smallest absolute Gasteiger partial charge is 0.262 e. The minimum absolute atomic E-state index is 0. The van der Waals surface area contributed by atoms with Gasteiger partial charge in [-0.2, -0.15) is 4.57 Å². The fraction of sp³-hybridized carbons (Fsp3) is 0.192. The summed E-state index contributed by atoms with van der Waals surface area (Å²) >= 11 is 1.77. The molecule has 0 amide bonds. The number of aromatic nitrogens is 1. The lowest BCUT2D eigenvalue weighted by Gasteiger charge is -2.07. The number of para-hydroxylation sites is 1. The van der Waals surface area contributed by atoms with E-state index in [9.17, 15) is 0 Å². The maximum Gasteiger partial charge on any atom is 0.262 e. The van der Waals surface area contributed by atoms with Crippen LogP contribution in [0.1, 0.15) is 24.3 Å². The summed E-state index contributed by atoms with van der Waals surface area (Å²) in [6.07, 6.45) is 5.18. The molecular weight excluding hydrogens is 515 g/mol. The van der Waals surface area contributed by atoms with E-state index in [4.69, 9.17) is 10.5 Å². The Morgan fingerprint density at radius 2 is 1.61 bits per heavy atom. The van der Waals surface area contributed by atoms with E-state index in [0.29, 0.717) is 0 Å². The van der Waals surface area contributed by atoms with Crippen molar-refractivity contribution in [1.82, 2.24) is 0 Å². The van der Waals surface area contributed by atoms with Crippen LogP contribution in [-0.2, 0) is 6.54 Å². The van der Waals surface area contributed by atoms with E-state index in [-0.39, 0.29) is 24.0 Å². The van der Waals surface area contributed by atoms with Gasteiger partial charge in [0.25, 0.3) is 5.01 Å². The summed E-state index contributed by atoms with van der Waals surface area (Å²) in [5.41, 5.74) is 10.7. The summed E-state index contributed by atoms with van der Waals surface area (Å²) in [5.74, 6) is 0.938. The molecule has 0 saturated heterocycles. The molecule has 5 heteroatoms. The van der Waals surface area contributed by atoms with Crippen LogP contribution in [0.5, 0.6) is 5.75 Å². The highest BCUT2D eigenvalue weighted by Gasteiger charge is 2.24. The minimum atomic E-state index is 0. The number of fused-ring (bicyclic) bond motifs is 1. The standard InChI is InChI=1S/C26H27N2OS.HI/c1-2-24-28(18-10-5-11-19-29-21-14-8-4-9-15-21)26-23(30-24)17-16-22(27)25(26)20-12-6-3-7-13-20;/h2-4,6-9,12-17H,1,5,10-11,18-19,27H2;1H/q+1;/p-1. The molecule has 0 atom stereocenters. The predicted octanol–water partition coefficient (Wildman–Crippen LogP) is 3.33. The number of hydrogen-bond acceptors (Lipinski definition) is 3. The molecule has 0 fully saturated rings. The Kier molecular flexibility index (Phi) is 8.49. The average molecular weight is 542 g/mol.